The van der Waals surface area contributed by atoms with E-state index in [1.807, 2.05) is 11.0 Å². The molecular formula is C6H10N2O2S. The highest BCUT2D eigenvalue weighted by atomic mass is 32.2. The molecule has 1 aliphatic heterocycles. The smallest absolute Gasteiger partial charge is 0.183 e. The summed E-state index contributed by atoms with van der Waals surface area (Å²) < 4.78 is 21.0. The van der Waals surface area contributed by atoms with Crippen LogP contribution in [0.15, 0.2) is 0 Å². The van der Waals surface area contributed by atoms with Gasteiger partial charge in [-0.05, 0) is 7.05 Å². The standard InChI is InChI=1S/C6H10N2O2S/c1-8-4-6(3-7,5-8)11(2,9)10/h4-5H2,1-2H3. The lowest BCUT2D eigenvalue weighted by molar-refractivity contribution is 0.192. The molecule has 62 valence electrons. The highest BCUT2D eigenvalue weighted by Gasteiger charge is 2.50. The summed E-state index contributed by atoms with van der Waals surface area (Å²) in [7, 11) is -1.42. The summed E-state index contributed by atoms with van der Waals surface area (Å²) in [5, 5.41) is 8.63. The van der Waals surface area contributed by atoms with Gasteiger partial charge in [-0.15, -0.1) is 0 Å². The van der Waals surface area contributed by atoms with Gasteiger partial charge in [0, 0.05) is 19.3 Å². The van der Waals surface area contributed by atoms with E-state index in [-0.39, 0.29) is 0 Å². The van der Waals surface area contributed by atoms with Crippen LogP contribution in [0.3, 0.4) is 0 Å². The molecule has 1 heterocycles. The molecule has 1 saturated heterocycles. The fourth-order valence-electron chi connectivity index (χ4n) is 1.21. The first-order valence-electron chi connectivity index (χ1n) is 3.21. The maximum absolute atomic E-state index is 11.1. The molecule has 11 heavy (non-hydrogen) atoms. The third kappa shape index (κ3) is 1.12. The predicted octanol–water partition coefficient (Wildman–Crippen LogP) is -0.761. The minimum absolute atomic E-state index is 0.336. The molecule has 0 aromatic rings. The van der Waals surface area contributed by atoms with Crippen LogP contribution in [0.5, 0.6) is 0 Å². The maximum Gasteiger partial charge on any atom is 0.183 e. The molecule has 0 bridgehead atoms. The van der Waals surface area contributed by atoms with Gasteiger partial charge in [0.2, 0.25) is 0 Å². The molecular weight excluding hydrogens is 164 g/mol. The number of rotatable bonds is 1. The Hall–Kier alpha value is -0.600. The first kappa shape index (κ1) is 8.50. The quantitative estimate of drug-likeness (QED) is 0.524. The Balaban J connectivity index is 2.93. The van der Waals surface area contributed by atoms with Crippen LogP contribution >= 0.6 is 0 Å². The van der Waals surface area contributed by atoms with Gasteiger partial charge in [-0.3, -0.25) is 0 Å². The van der Waals surface area contributed by atoms with Gasteiger partial charge in [0.15, 0.2) is 14.6 Å². The zero-order chi connectivity index (χ0) is 8.70. The number of likely N-dealkylation sites (tertiary alicyclic amines) is 1. The van der Waals surface area contributed by atoms with Crippen molar-refractivity contribution in [1.82, 2.24) is 4.90 Å². The molecule has 1 fully saturated rings. The molecule has 5 heteroatoms. The molecule has 0 aromatic carbocycles. The zero-order valence-corrected chi connectivity index (χ0v) is 7.35. The number of sulfone groups is 1. The second-order valence-electron chi connectivity index (χ2n) is 3.05. The van der Waals surface area contributed by atoms with Crippen molar-refractivity contribution in [3.8, 4) is 6.07 Å². The van der Waals surface area contributed by atoms with Crippen LogP contribution < -0.4 is 0 Å². The Labute approximate surface area is 66.3 Å². The largest absolute Gasteiger partial charge is 0.301 e. The number of hydrogen-bond acceptors (Lipinski definition) is 4. The molecule has 0 spiro atoms. The van der Waals surface area contributed by atoms with Crippen LogP contribution in [0.4, 0.5) is 0 Å². The van der Waals surface area contributed by atoms with Crippen molar-refractivity contribution in [2.75, 3.05) is 26.4 Å². The van der Waals surface area contributed by atoms with E-state index in [1.165, 1.54) is 0 Å². The molecule has 0 saturated carbocycles. The van der Waals surface area contributed by atoms with Crippen molar-refractivity contribution >= 4 is 9.84 Å². The molecule has 0 aliphatic carbocycles. The van der Waals surface area contributed by atoms with E-state index >= 15 is 0 Å². The van der Waals surface area contributed by atoms with Gasteiger partial charge in [0.05, 0.1) is 6.07 Å². The van der Waals surface area contributed by atoms with E-state index in [4.69, 9.17) is 5.26 Å². The van der Waals surface area contributed by atoms with Crippen LogP contribution in [0.25, 0.3) is 0 Å². The first-order chi connectivity index (χ1) is 4.91. The third-order valence-electron chi connectivity index (χ3n) is 1.96. The van der Waals surface area contributed by atoms with Crippen molar-refractivity contribution < 1.29 is 8.42 Å². The number of hydrogen-bond donors (Lipinski definition) is 0. The van der Waals surface area contributed by atoms with Gasteiger partial charge in [0.1, 0.15) is 0 Å². The minimum Gasteiger partial charge on any atom is -0.301 e. The van der Waals surface area contributed by atoms with E-state index in [9.17, 15) is 8.42 Å². The molecule has 0 radical (unpaired) electrons. The van der Waals surface area contributed by atoms with Crippen LogP contribution in [0.2, 0.25) is 0 Å². The Morgan fingerprint density at radius 1 is 1.55 bits per heavy atom. The lowest BCUT2D eigenvalue weighted by Crippen LogP contribution is -2.63. The second-order valence-corrected chi connectivity index (χ2v) is 5.38. The highest BCUT2D eigenvalue weighted by molar-refractivity contribution is 7.92. The van der Waals surface area contributed by atoms with Gasteiger partial charge in [-0.1, -0.05) is 0 Å². The van der Waals surface area contributed by atoms with Crippen LogP contribution in [0, 0.1) is 11.3 Å². The molecule has 1 aliphatic rings. The van der Waals surface area contributed by atoms with E-state index in [1.54, 1.807) is 7.05 Å². The lowest BCUT2D eigenvalue weighted by Gasteiger charge is -2.41. The summed E-state index contributed by atoms with van der Waals surface area (Å²) in [5.41, 5.74) is 0. The number of nitriles is 1. The molecule has 0 aromatic heterocycles. The molecule has 0 atom stereocenters. The van der Waals surface area contributed by atoms with Crippen LogP contribution in [-0.4, -0.2) is 44.5 Å². The average molecular weight is 174 g/mol. The van der Waals surface area contributed by atoms with Crippen LogP contribution in [0.1, 0.15) is 0 Å². The van der Waals surface area contributed by atoms with E-state index in [0.29, 0.717) is 13.1 Å². The van der Waals surface area contributed by atoms with Crippen LogP contribution in [-0.2, 0) is 9.84 Å². The summed E-state index contributed by atoms with van der Waals surface area (Å²) in [4.78, 5) is 1.81. The monoisotopic (exact) mass is 174 g/mol. The Kier molecular flexibility index (Phi) is 1.69. The average Bonchev–Trinajstić information content (AvgIpc) is 1.77. The predicted molar refractivity (Wildman–Crippen MR) is 40.7 cm³/mol. The second kappa shape index (κ2) is 2.19. The Morgan fingerprint density at radius 2 is 2.00 bits per heavy atom. The topological polar surface area (TPSA) is 61.2 Å². The van der Waals surface area contributed by atoms with Crippen molar-refractivity contribution in [1.29, 1.82) is 5.26 Å². The molecule has 1 rings (SSSR count). The van der Waals surface area contributed by atoms with Gasteiger partial charge in [-0.2, -0.15) is 5.26 Å². The zero-order valence-electron chi connectivity index (χ0n) is 6.53. The van der Waals surface area contributed by atoms with Gasteiger partial charge < -0.3 is 4.90 Å². The van der Waals surface area contributed by atoms with Crippen molar-refractivity contribution in [3.05, 3.63) is 0 Å². The normalized spacial score (nSPS) is 23.7. The summed E-state index contributed by atoms with van der Waals surface area (Å²) in [5.74, 6) is 0. The van der Waals surface area contributed by atoms with Crippen molar-refractivity contribution in [2.45, 2.75) is 4.75 Å². The lowest BCUT2D eigenvalue weighted by atomic mass is 10.0. The fourth-order valence-corrected chi connectivity index (χ4v) is 2.29. The van der Waals surface area contributed by atoms with E-state index in [0.717, 1.165) is 6.26 Å². The summed E-state index contributed by atoms with van der Waals surface area (Å²) in [6.07, 6.45) is 1.11. The van der Waals surface area contributed by atoms with Gasteiger partial charge >= 0.3 is 0 Å². The summed E-state index contributed by atoms with van der Waals surface area (Å²) in [6.45, 7) is 0.671. The minimum atomic E-state index is -3.21. The Bertz CT molecular complexity index is 295. The molecule has 0 N–H and O–H groups in total. The fraction of sp³-hybridized carbons (Fsp3) is 0.833. The van der Waals surface area contributed by atoms with Gasteiger partial charge in [0.25, 0.3) is 0 Å². The third-order valence-corrected chi connectivity index (χ3v) is 3.73. The van der Waals surface area contributed by atoms with E-state index in [2.05, 4.69) is 0 Å². The summed E-state index contributed by atoms with van der Waals surface area (Å²) >= 11 is 0. The number of nitrogens with zero attached hydrogens (tertiary/aromatic N) is 2. The maximum atomic E-state index is 11.1. The Morgan fingerprint density at radius 3 is 2.09 bits per heavy atom. The van der Waals surface area contributed by atoms with E-state index < -0.39 is 14.6 Å². The SMILES string of the molecule is CN1CC(C#N)(S(C)(=O)=O)C1. The first-order valence-corrected chi connectivity index (χ1v) is 5.10. The van der Waals surface area contributed by atoms with Crippen molar-refractivity contribution in [3.63, 3.8) is 0 Å². The molecule has 4 nitrogen and oxygen atoms in total. The van der Waals surface area contributed by atoms with Gasteiger partial charge in [-0.25, -0.2) is 8.42 Å². The summed E-state index contributed by atoms with van der Waals surface area (Å²) in [6, 6.07) is 1.86. The molecule has 0 amide bonds. The highest BCUT2D eigenvalue weighted by Crippen LogP contribution is 2.26. The molecule has 0 unspecified atom stereocenters. The van der Waals surface area contributed by atoms with Crippen molar-refractivity contribution in [2.24, 2.45) is 0 Å².